The molecule has 160 valence electrons. The standard InChI is InChI=1S/C25H22F3NO2/c26-25(27,28)23-3-1-2-4-24(23)31-16-20-15-19(17-5-8-21(30)9-6-17)7-10-22(20)18-11-13-29-14-12-18/h1-11,15,29-30H,12-14,16H2. The molecule has 1 heterocycles. The number of ether oxygens (including phenoxy) is 1. The minimum Gasteiger partial charge on any atom is -0.508 e. The molecule has 3 aromatic rings. The van der Waals surface area contributed by atoms with Crippen molar-refractivity contribution in [2.45, 2.75) is 19.2 Å². The molecule has 0 amide bonds. The third kappa shape index (κ3) is 4.91. The zero-order valence-electron chi connectivity index (χ0n) is 16.7. The maximum absolute atomic E-state index is 13.3. The molecule has 0 radical (unpaired) electrons. The van der Waals surface area contributed by atoms with Crippen molar-refractivity contribution in [3.63, 3.8) is 0 Å². The Morgan fingerprint density at radius 1 is 0.935 bits per heavy atom. The maximum Gasteiger partial charge on any atom is 0.419 e. The van der Waals surface area contributed by atoms with Gasteiger partial charge in [-0.3, -0.25) is 0 Å². The summed E-state index contributed by atoms with van der Waals surface area (Å²) in [7, 11) is 0. The minimum atomic E-state index is -4.48. The summed E-state index contributed by atoms with van der Waals surface area (Å²) in [4.78, 5) is 0. The van der Waals surface area contributed by atoms with E-state index in [0.29, 0.717) is 0 Å². The lowest BCUT2D eigenvalue weighted by Crippen LogP contribution is -2.20. The molecule has 0 aromatic heterocycles. The Bertz CT molecular complexity index is 1090. The zero-order valence-corrected chi connectivity index (χ0v) is 16.7. The summed E-state index contributed by atoms with van der Waals surface area (Å²) in [5, 5.41) is 12.8. The Kier molecular flexibility index (Phi) is 6.00. The molecule has 1 aliphatic rings. The van der Waals surface area contributed by atoms with E-state index in [9.17, 15) is 18.3 Å². The predicted octanol–water partition coefficient (Wildman–Crippen LogP) is 6.03. The van der Waals surface area contributed by atoms with Crippen molar-refractivity contribution in [1.82, 2.24) is 5.32 Å². The van der Waals surface area contributed by atoms with Gasteiger partial charge in [0.2, 0.25) is 0 Å². The van der Waals surface area contributed by atoms with Crippen LogP contribution >= 0.6 is 0 Å². The summed E-state index contributed by atoms with van der Waals surface area (Å²) < 4.78 is 45.7. The van der Waals surface area contributed by atoms with Crippen molar-refractivity contribution in [2.24, 2.45) is 0 Å². The monoisotopic (exact) mass is 425 g/mol. The second-order valence-electron chi connectivity index (χ2n) is 7.38. The van der Waals surface area contributed by atoms with Crippen molar-refractivity contribution in [2.75, 3.05) is 13.1 Å². The fraction of sp³-hybridized carbons (Fsp3) is 0.200. The predicted molar refractivity (Wildman–Crippen MR) is 115 cm³/mol. The number of hydrogen-bond acceptors (Lipinski definition) is 3. The van der Waals surface area contributed by atoms with Crippen LogP contribution in [0.15, 0.2) is 72.8 Å². The average molecular weight is 425 g/mol. The van der Waals surface area contributed by atoms with Crippen LogP contribution in [0.1, 0.15) is 23.1 Å². The first-order valence-corrected chi connectivity index (χ1v) is 10.0. The molecule has 0 unspecified atom stereocenters. The molecular weight excluding hydrogens is 403 g/mol. The van der Waals surface area contributed by atoms with E-state index in [1.54, 1.807) is 24.3 Å². The zero-order chi connectivity index (χ0) is 21.8. The van der Waals surface area contributed by atoms with Crippen LogP contribution in [0.3, 0.4) is 0 Å². The summed E-state index contributed by atoms with van der Waals surface area (Å²) in [5.41, 5.74) is 3.97. The van der Waals surface area contributed by atoms with Crippen molar-refractivity contribution in [3.8, 4) is 22.6 Å². The number of hydrogen-bond donors (Lipinski definition) is 2. The van der Waals surface area contributed by atoms with Gasteiger partial charge >= 0.3 is 6.18 Å². The van der Waals surface area contributed by atoms with Gasteiger partial charge in [0.15, 0.2) is 0 Å². The van der Waals surface area contributed by atoms with E-state index < -0.39 is 11.7 Å². The van der Waals surface area contributed by atoms with Crippen LogP contribution in [0, 0.1) is 0 Å². The Balaban J connectivity index is 1.69. The van der Waals surface area contributed by atoms with Crippen molar-refractivity contribution in [3.05, 3.63) is 89.5 Å². The Labute approximate surface area is 178 Å². The van der Waals surface area contributed by atoms with E-state index in [0.717, 1.165) is 53.4 Å². The number of benzene rings is 3. The molecule has 1 aliphatic heterocycles. The topological polar surface area (TPSA) is 41.5 Å². The summed E-state index contributed by atoms with van der Waals surface area (Å²) in [6.07, 6.45) is -1.54. The molecule has 6 heteroatoms. The Morgan fingerprint density at radius 3 is 2.39 bits per heavy atom. The van der Waals surface area contributed by atoms with E-state index >= 15 is 0 Å². The molecule has 3 aromatic carbocycles. The molecule has 0 saturated carbocycles. The molecule has 0 bridgehead atoms. The fourth-order valence-corrected chi connectivity index (χ4v) is 3.71. The average Bonchev–Trinajstić information content (AvgIpc) is 2.78. The van der Waals surface area contributed by atoms with Crippen LogP contribution in [-0.4, -0.2) is 18.2 Å². The number of aromatic hydroxyl groups is 1. The highest BCUT2D eigenvalue weighted by molar-refractivity contribution is 5.74. The van der Waals surface area contributed by atoms with Crippen molar-refractivity contribution < 1.29 is 23.0 Å². The largest absolute Gasteiger partial charge is 0.508 e. The highest BCUT2D eigenvalue weighted by Crippen LogP contribution is 2.37. The third-order valence-electron chi connectivity index (χ3n) is 5.29. The number of rotatable bonds is 5. The van der Waals surface area contributed by atoms with Gasteiger partial charge in [-0.1, -0.05) is 42.5 Å². The second kappa shape index (κ2) is 8.86. The molecule has 0 saturated heterocycles. The number of phenols is 1. The highest BCUT2D eigenvalue weighted by Gasteiger charge is 2.34. The molecule has 0 fully saturated rings. The fourth-order valence-electron chi connectivity index (χ4n) is 3.71. The minimum absolute atomic E-state index is 0.0130. The van der Waals surface area contributed by atoms with E-state index in [2.05, 4.69) is 11.4 Å². The van der Waals surface area contributed by atoms with E-state index in [-0.39, 0.29) is 18.1 Å². The van der Waals surface area contributed by atoms with Crippen LogP contribution in [0.4, 0.5) is 13.2 Å². The summed E-state index contributed by atoms with van der Waals surface area (Å²) in [5.74, 6) is -0.0113. The first-order valence-electron chi connectivity index (χ1n) is 10.0. The Morgan fingerprint density at radius 2 is 1.68 bits per heavy atom. The molecule has 0 aliphatic carbocycles. The number of para-hydroxylation sites is 1. The lowest BCUT2D eigenvalue weighted by Gasteiger charge is -2.20. The number of halogens is 3. The van der Waals surface area contributed by atoms with Crippen LogP contribution < -0.4 is 10.1 Å². The smallest absolute Gasteiger partial charge is 0.419 e. The van der Waals surface area contributed by atoms with Gasteiger partial charge in [0, 0.05) is 6.54 Å². The lowest BCUT2D eigenvalue weighted by molar-refractivity contribution is -0.139. The highest BCUT2D eigenvalue weighted by atomic mass is 19.4. The first-order chi connectivity index (χ1) is 14.9. The molecule has 0 spiro atoms. The molecule has 0 atom stereocenters. The number of nitrogens with one attached hydrogen (secondary N) is 1. The van der Waals surface area contributed by atoms with Gasteiger partial charge in [-0.05, 0) is 71.1 Å². The maximum atomic E-state index is 13.3. The summed E-state index contributed by atoms with van der Waals surface area (Å²) in [6.45, 7) is 1.62. The Hall–Kier alpha value is -3.25. The van der Waals surface area contributed by atoms with E-state index in [4.69, 9.17) is 4.74 Å². The lowest BCUT2D eigenvalue weighted by atomic mass is 9.92. The molecular formula is C25H22F3NO2. The first kappa shape index (κ1) is 21.0. The van der Waals surface area contributed by atoms with E-state index in [1.165, 1.54) is 18.2 Å². The van der Waals surface area contributed by atoms with Gasteiger partial charge in [-0.2, -0.15) is 13.2 Å². The van der Waals surface area contributed by atoms with Gasteiger partial charge < -0.3 is 15.2 Å². The van der Waals surface area contributed by atoms with Gasteiger partial charge in [0.05, 0.1) is 5.56 Å². The van der Waals surface area contributed by atoms with Gasteiger partial charge in [0.25, 0.3) is 0 Å². The molecule has 2 N–H and O–H groups in total. The van der Waals surface area contributed by atoms with Crippen LogP contribution in [0.2, 0.25) is 0 Å². The van der Waals surface area contributed by atoms with Crippen LogP contribution in [-0.2, 0) is 12.8 Å². The number of phenolic OH excluding ortho intramolecular Hbond substituents is 1. The van der Waals surface area contributed by atoms with E-state index in [1.807, 2.05) is 18.2 Å². The van der Waals surface area contributed by atoms with Crippen LogP contribution in [0.5, 0.6) is 11.5 Å². The normalized spacial score (nSPS) is 14.2. The summed E-state index contributed by atoms with van der Waals surface area (Å²) >= 11 is 0. The van der Waals surface area contributed by atoms with Gasteiger partial charge in [-0.25, -0.2) is 0 Å². The van der Waals surface area contributed by atoms with Crippen molar-refractivity contribution >= 4 is 5.57 Å². The molecule has 4 rings (SSSR count). The van der Waals surface area contributed by atoms with Gasteiger partial charge in [-0.15, -0.1) is 0 Å². The SMILES string of the molecule is Oc1ccc(-c2ccc(C3=CCNCC3)c(COc3ccccc3C(F)(F)F)c2)cc1. The third-order valence-corrected chi connectivity index (χ3v) is 5.29. The quantitative estimate of drug-likeness (QED) is 0.524. The van der Waals surface area contributed by atoms with Crippen molar-refractivity contribution in [1.29, 1.82) is 0 Å². The summed E-state index contributed by atoms with van der Waals surface area (Å²) in [6, 6.07) is 18.0. The molecule has 31 heavy (non-hydrogen) atoms. The van der Waals surface area contributed by atoms with Gasteiger partial charge in [0.1, 0.15) is 18.1 Å². The second-order valence-corrected chi connectivity index (χ2v) is 7.38. The molecule has 3 nitrogen and oxygen atoms in total. The van der Waals surface area contributed by atoms with Crippen LogP contribution in [0.25, 0.3) is 16.7 Å². The number of alkyl halides is 3.